The number of nitrogens with one attached hydrogen (secondary N) is 1. The standard InChI is InChI=1S/C18H20N4O/c1-3-12-4-6-13(7-5-12)17-16-14(8-11(2)9-15(16)23)21-18-19-10-20-22(17)18/h4-7,10-11,17H,3,8-9H2,1-2H3,(H,19,20,21)/t11-,17+/m0/s1. The normalized spacial score (nSPS) is 23.3. The van der Waals surface area contributed by atoms with Gasteiger partial charge in [-0.3, -0.25) is 4.79 Å². The third-order valence-corrected chi connectivity index (χ3v) is 4.77. The van der Waals surface area contributed by atoms with Crippen molar-refractivity contribution in [3.63, 3.8) is 0 Å². The SMILES string of the molecule is CCc1ccc([C@@H]2C3=C(C[C@H](C)CC3=O)Nc3ncnn32)cc1. The lowest BCUT2D eigenvalue weighted by molar-refractivity contribution is -0.117. The molecule has 2 atom stereocenters. The molecule has 23 heavy (non-hydrogen) atoms. The van der Waals surface area contributed by atoms with Crippen molar-refractivity contribution in [2.24, 2.45) is 5.92 Å². The van der Waals surface area contributed by atoms with Gasteiger partial charge in [-0.05, 0) is 29.9 Å². The number of benzene rings is 1. The van der Waals surface area contributed by atoms with Crippen molar-refractivity contribution in [2.75, 3.05) is 5.32 Å². The Kier molecular flexibility index (Phi) is 3.29. The van der Waals surface area contributed by atoms with E-state index in [0.717, 1.165) is 35.6 Å². The molecule has 1 aliphatic heterocycles. The molecule has 5 nitrogen and oxygen atoms in total. The van der Waals surface area contributed by atoms with E-state index in [2.05, 4.69) is 53.5 Å². The van der Waals surface area contributed by atoms with E-state index in [1.54, 1.807) is 6.33 Å². The summed E-state index contributed by atoms with van der Waals surface area (Å²) < 4.78 is 1.83. The highest BCUT2D eigenvalue weighted by Crippen LogP contribution is 2.40. The van der Waals surface area contributed by atoms with Crippen LogP contribution in [0.25, 0.3) is 0 Å². The Labute approximate surface area is 135 Å². The summed E-state index contributed by atoms with van der Waals surface area (Å²) in [6.45, 7) is 4.26. The van der Waals surface area contributed by atoms with Crippen LogP contribution in [0.2, 0.25) is 0 Å². The molecule has 2 aromatic rings. The fourth-order valence-electron chi connectivity index (χ4n) is 3.59. The Morgan fingerprint density at radius 3 is 2.78 bits per heavy atom. The number of nitrogens with zero attached hydrogens (tertiary/aromatic N) is 3. The summed E-state index contributed by atoms with van der Waals surface area (Å²) in [6.07, 6.45) is 4.04. The second kappa shape index (κ2) is 5.33. The van der Waals surface area contributed by atoms with E-state index in [0.29, 0.717) is 12.3 Å². The van der Waals surface area contributed by atoms with Gasteiger partial charge >= 0.3 is 0 Å². The van der Waals surface area contributed by atoms with Gasteiger partial charge in [0.25, 0.3) is 0 Å². The van der Waals surface area contributed by atoms with Crippen LogP contribution in [0.5, 0.6) is 0 Å². The second-order valence-corrected chi connectivity index (χ2v) is 6.48. The van der Waals surface area contributed by atoms with Crippen molar-refractivity contribution in [3.8, 4) is 0 Å². The molecule has 0 bridgehead atoms. The summed E-state index contributed by atoms with van der Waals surface area (Å²) in [7, 11) is 0. The van der Waals surface area contributed by atoms with Crippen molar-refractivity contribution >= 4 is 11.7 Å². The number of rotatable bonds is 2. The maximum Gasteiger partial charge on any atom is 0.226 e. The first-order valence-electron chi connectivity index (χ1n) is 8.19. The van der Waals surface area contributed by atoms with Crippen LogP contribution in [0.1, 0.15) is 43.9 Å². The lowest BCUT2D eigenvalue weighted by atomic mass is 9.81. The Morgan fingerprint density at radius 1 is 1.26 bits per heavy atom. The van der Waals surface area contributed by atoms with Gasteiger partial charge in [-0.15, -0.1) is 0 Å². The zero-order valence-electron chi connectivity index (χ0n) is 13.4. The molecule has 0 fully saturated rings. The number of hydrogen-bond donors (Lipinski definition) is 1. The number of carbonyl (C=O) groups is 1. The highest BCUT2D eigenvalue weighted by molar-refractivity contribution is 5.99. The predicted octanol–water partition coefficient (Wildman–Crippen LogP) is 3.11. The fourth-order valence-corrected chi connectivity index (χ4v) is 3.59. The van der Waals surface area contributed by atoms with Gasteiger partial charge in [0.15, 0.2) is 5.78 Å². The molecule has 1 N–H and O–H groups in total. The molecule has 2 aliphatic rings. The summed E-state index contributed by atoms with van der Waals surface area (Å²) >= 11 is 0. The Hall–Kier alpha value is -2.43. The molecule has 1 aliphatic carbocycles. The average Bonchev–Trinajstić information content (AvgIpc) is 3.00. The van der Waals surface area contributed by atoms with Crippen LogP contribution >= 0.6 is 0 Å². The van der Waals surface area contributed by atoms with Crippen LogP contribution < -0.4 is 5.32 Å². The maximum absolute atomic E-state index is 12.7. The molecule has 5 heteroatoms. The van der Waals surface area contributed by atoms with Gasteiger partial charge in [0.2, 0.25) is 5.95 Å². The summed E-state index contributed by atoms with van der Waals surface area (Å²) in [5.74, 6) is 1.30. The van der Waals surface area contributed by atoms with E-state index in [9.17, 15) is 4.79 Å². The maximum atomic E-state index is 12.7. The first-order valence-corrected chi connectivity index (χ1v) is 8.19. The predicted molar refractivity (Wildman–Crippen MR) is 88.0 cm³/mol. The number of aryl methyl sites for hydroxylation is 1. The first-order chi connectivity index (χ1) is 11.2. The zero-order valence-corrected chi connectivity index (χ0v) is 13.4. The molecule has 1 aromatic heterocycles. The Bertz CT molecular complexity index is 788. The Morgan fingerprint density at radius 2 is 2.04 bits per heavy atom. The molecule has 2 heterocycles. The minimum absolute atomic E-state index is 0.172. The van der Waals surface area contributed by atoms with E-state index < -0.39 is 0 Å². The first kappa shape index (κ1) is 14.2. The van der Waals surface area contributed by atoms with Gasteiger partial charge in [-0.2, -0.15) is 10.1 Å². The molecule has 0 unspecified atom stereocenters. The highest BCUT2D eigenvalue weighted by atomic mass is 16.1. The van der Waals surface area contributed by atoms with E-state index in [1.807, 2.05) is 4.68 Å². The number of carbonyl (C=O) groups excluding carboxylic acids is 1. The number of ketones is 1. The molecule has 4 rings (SSSR count). The van der Waals surface area contributed by atoms with Crippen molar-refractivity contribution in [1.29, 1.82) is 0 Å². The third kappa shape index (κ3) is 2.27. The Balaban J connectivity index is 1.85. The molecular weight excluding hydrogens is 288 g/mol. The van der Waals surface area contributed by atoms with Gasteiger partial charge in [-0.1, -0.05) is 38.1 Å². The third-order valence-electron chi connectivity index (χ3n) is 4.77. The van der Waals surface area contributed by atoms with Crippen LogP contribution in [0.3, 0.4) is 0 Å². The molecule has 1 aromatic carbocycles. The largest absolute Gasteiger partial charge is 0.328 e. The lowest BCUT2D eigenvalue weighted by Gasteiger charge is -2.34. The average molecular weight is 308 g/mol. The second-order valence-electron chi connectivity index (χ2n) is 6.48. The van der Waals surface area contributed by atoms with Crippen LogP contribution in [-0.2, 0) is 11.2 Å². The molecular formula is C18H20N4O. The fraction of sp³-hybridized carbons (Fsp3) is 0.389. The van der Waals surface area contributed by atoms with Crippen molar-refractivity contribution in [1.82, 2.24) is 14.8 Å². The molecule has 0 radical (unpaired) electrons. The summed E-state index contributed by atoms with van der Waals surface area (Å²) in [6, 6.07) is 8.30. The quantitative estimate of drug-likeness (QED) is 0.926. The van der Waals surface area contributed by atoms with Gasteiger partial charge in [0, 0.05) is 17.7 Å². The molecule has 0 saturated heterocycles. The number of aromatic nitrogens is 3. The molecule has 0 spiro atoms. The van der Waals surface area contributed by atoms with Crippen molar-refractivity contribution in [3.05, 3.63) is 53.0 Å². The van der Waals surface area contributed by atoms with Crippen LogP contribution in [0, 0.1) is 5.92 Å². The van der Waals surface area contributed by atoms with E-state index in [-0.39, 0.29) is 11.8 Å². The van der Waals surface area contributed by atoms with Crippen LogP contribution in [0.4, 0.5) is 5.95 Å². The smallest absolute Gasteiger partial charge is 0.226 e. The van der Waals surface area contributed by atoms with Gasteiger partial charge in [0.05, 0.1) is 0 Å². The number of anilines is 1. The summed E-state index contributed by atoms with van der Waals surface area (Å²) in [5, 5.41) is 7.67. The highest BCUT2D eigenvalue weighted by Gasteiger charge is 2.37. The van der Waals surface area contributed by atoms with E-state index in [4.69, 9.17) is 0 Å². The number of Topliss-reactive ketones (excluding diaryl/α,β-unsaturated/α-hetero) is 1. The monoisotopic (exact) mass is 308 g/mol. The topological polar surface area (TPSA) is 59.8 Å². The van der Waals surface area contributed by atoms with E-state index >= 15 is 0 Å². The lowest BCUT2D eigenvalue weighted by Crippen LogP contribution is -2.33. The van der Waals surface area contributed by atoms with E-state index in [1.165, 1.54) is 5.56 Å². The van der Waals surface area contributed by atoms with Gasteiger partial charge in [0.1, 0.15) is 12.4 Å². The summed E-state index contributed by atoms with van der Waals surface area (Å²) in [5.41, 5.74) is 4.24. The number of fused-ring (bicyclic) bond motifs is 1. The molecule has 0 saturated carbocycles. The van der Waals surface area contributed by atoms with Crippen LogP contribution in [-0.4, -0.2) is 20.5 Å². The minimum Gasteiger partial charge on any atom is -0.328 e. The van der Waals surface area contributed by atoms with Crippen molar-refractivity contribution < 1.29 is 4.79 Å². The van der Waals surface area contributed by atoms with Gasteiger partial charge in [-0.25, -0.2) is 4.68 Å². The van der Waals surface area contributed by atoms with Gasteiger partial charge < -0.3 is 5.32 Å². The van der Waals surface area contributed by atoms with Crippen LogP contribution in [0.15, 0.2) is 41.9 Å². The summed E-state index contributed by atoms with van der Waals surface area (Å²) in [4.78, 5) is 17.0. The number of hydrogen-bond acceptors (Lipinski definition) is 4. The molecule has 0 amide bonds. The minimum atomic E-state index is -0.172. The van der Waals surface area contributed by atoms with Crippen molar-refractivity contribution in [2.45, 2.75) is 39.2 Å². The molecule has 118 valence electrons. The number of allylic oxidation sites excluding steroid dienone is 2. The zero-order chi connectivity index (χ0) is 16.0.